The fraction of sp³-hybridized carbons (Fsp3) is 0.100. The Kier molecular flexibility index (Phi) is 7.19. The Bertz CT molecular complexity index is 2360. The Balaban J connectivity index is 1.11. The molecule has 0 N–H and O–H groups in total. The summed E-state index contributed by atoms with van der Waals surface area (Å²) in [5.74, 6) is 7.75. The lowest BCUT2D eigenvalue weighted by Gasteiger charge is -2.46. The van der Waals surface area contributed by atoms with Crippen LogP contribution in [0.5, 0.6) is 11.5 Å². The number of allylic oxidation sites excluding steroid dienone is 6. The van der Waals surface area contributed by atoms with Gasteiger partial charge in [0.15, 0.2) is 0 Å². The lowest BCUT2D eigenvalue weighted by molar-refractivity contribution is 0.483. The fourth-order valence-corrected chi connectivity index (χ4v) is 7.32. The summed E-state index contributed by atoms with van der Waals surface area (Å²) in [6, 6.07) is 27.5. The van der Waals surface area contributed by atoms with E-state index in [1.165, 1.54) is 10.9 Å². The third-order valence-corrected chi connectivity index (χ3v) is 9.79. The van der Waals surface area contributed by atoms with Crippen LogP contribution in [0.4, 0.5) is 0 Å². The SMILES string of the molecule is CC(C)(C)c1ccnc(-n2c3ccccc3c3ccc(Oc4cccc(B5/N=C6/C=CC=CN6B6C=CC=CN6B6C=CC=CN56)c4)cc32)c1. The van der Waals surface area contributed by atoms with Crippen molar-refractivity contribution in [3.8, 4) is 17.3 Å². The summed E-state index contributed by atoms with van der Waals surface area (Å²) in [6.07, 6.45) is 22.9. The molecule has 0 bridgehead atoms. The molecule has 0 spiro atoms. The molecule has 50 heavy (non-hydrogen) atoms. The average molecular weight is 648 g/mol. The van der Waals surface area contributed by atoms with E-state index in [-0.39, 0.29) is 26.4 Å². The smallest absolute Gasteiger partial charge is 0.420 e. The van der Waals surface area contributed by atoms with Crippen LogP contribution in [0, 0.1) is 0 Å². The van der Waals surface area contributed by atoms with Gasteiger partial charge in [0.05, 0.1) is 11.0 Å². The number of hydrogen-bond donors (Lipinski definition) is 0. The van der Waals surface area contributed by atoms with Gasteiger partial charge in [-0.15, -0.1) is 0 Å². The molecule has 0 saturated heterocycles. The Morgan fingerprint density at radius 3 is 2.32 bits per heavy atom. The number of benzene rings is 3. The van der Waals surface area contributed by atoms with Crippen LogP contribution in [-0.2, 0) is 5.41 Å². The molecule has 2 aromatic heterocycles. The molecule has 0 radical (unpaired) electrons. The lowest BCUT2D eigenvalue weighted by atomic mass is 9.49. The highest BCUT2D eigenvalue weighted by Crippen LogP contribution is 2.36. The molecule has 4 aliphatic rings. The van der Waals surface area contributed by atoms with E-state index in [1.807, 2.05) is 18.3 Å². The molecule has 4 aliphatic heterocycles. The van der Waals surface area contributed by atoms with Gasteiger partial charge in [0.2, 0.25) is 0 Å². The number of aromatic nitrogens is 2. The molecule has 0 saturated carbocycles. The monoisotopic (exact) mass is 648 g/mol. The van der Waals surface area contributed by atoms with Crippen molar-refractivity contribution in [1.29, 1.82) is 0 Å². The predicted octanol–water partition coefficient (Wildman–Crippen LogP) is 7.59. The van der Waals surface area contributed by atoms with Gasteiger partial charge in [0.25, 0.3) is 0 Å². The molecule has 0 aliphatic carbocycles. The van der Waals surface area contributed by atoms with Crippen LogP contribution in [0.2, 0.25) is 0 Å². The molecular formula is C40H35B3N6O. The second-order valence-corrected chi connectivity index (χ2v) is 14.0. The van der Waals surface area contributed by atoms with Crippen molar-refractivity contribution in [2.45, 2.75) is 26.2 Å². The van der Waals surface area contributed by atoms with E-state index in [0.717, 1.165) is 45.0 Å². The van der Waals surface area contributed by atoms with Crippen LogP contribution in [0.25, 0.3) is 27.6 Å². The second kappa shape index (κ2) is 11.9. The molecule has 5 aromatic rings. The summed E-state index contributed by atoms with van der Waals surface area (Å²) in [4.78, 5) is 12.5. The van der Waals surface area contributed by atoms with Gasteiger partial charge >= 0.3 is 20.9 Å². The number of hydrogen-bond acceptors (Lipinski definition) is 6. The van der Waals surface area contributed by atoms with Gasteiger partial charge in [-0.2, -0.15) is 0 Å². The quantitative estimate of drug-likeness (QED) is 0.188. The van der Waals surface area contributed by atoms with Crippen LogP contribution >= 0.6 is 0 Å². The molecule has 6 heterocycles. The minimum atomic E-state index is -0.287. The van der Waals surface area contributed by atoms with Crippen molar-refractivity contribution >= 4 is 54.1 Å². The summed E-state index contributed by atoms with van der Waals surface area (Å²) >= 11 is 0. The van der Waals surface area contributed by atoms with Crippen molar-refractivity contribution in [1.82, 2.24) is 23.8 Å². The number of amidine groups is 1. The van der Waals surface area contributed by atoms with E-state index in [9.17, 15) is 0 Å². The molecule has 0 amide bonds. The summed E-state index contributed by atoms with van der Waals surface area (Å²) in [5.41, 5.74) is 4.44. The molecule has 0 unspecified atom stereocenters. The van der Waals surface area contributed by atoms with E-state index in [0.29, 0.717) is 0 Å². The molecule has 3 aromatic carbocycles. The van der Waals surface area contributed by atoms with Crippen molar-refractivity contribution in [2.24, 2.45) is 4.90 Å². The van der Waals surface area contributed by atoms with Crippen LogP contribution in [-0.4, -0.2) is 50.6 Å². The Hall–Kier alpha value is -5.89. The van der Waals surface area contributed by atoms with E-state index in [2.05, 4.69) is 179 Å². The Morgan fingerprint density at radius 1 is 0.660 bits per heavy atom. The van der Waals surface area contributed by atoms with E-state index < -0.39 is 0 Å². The maximum absolute atomic E-state index is 6.67. The highest BCUT2D eigenvalue weighted by atomic mass is 16.5. The first-order chi connectivity index (χ1) is 24.4. The van der Waals surface area contributed by atoms with Gasteiger partial charge in [-0.05, 0) is 102 Å². The topological polar surface area (TPSA) is 49.1 Å². The molecule has 10 heteroatoms. The van der Waals surface area contributed by atoms with Gasteiger partial charge < -0.3 is 19.0 Å². The van der Waals surface area contributed by atoms with Gasteiger partial charge in [0, 0.05) is 23.0 Å². The van der Waals surface area contributed by atoms with Crippen molar-refractivity contribution in [3.05, 3.63) is 164 Å². The van der Waals surface area contributed by atoms with Gasteiger partial charge in [0.1, 0.15) is 23.2 Å². The molecule has 7 nitrogen and oxygen atoms in total. The van der Waals surface area contributed by atoms with Gasteiger partial charge in [-0.1, -0.05) is 81.3 Å². The molecule has 9 rings (SSSR count). The van der Waals surface area contributed by atoms with Crippen molar-refractivity contribution in [3.63, 3.8) is 0 Å². The highest BCUT2D eigenvalue weighted by molar-refractivity contribution is 6.87. The number of nitrogens with zero attached hydrogens (tertiary/aromatic N) is 6. The maximum Gasteiger partial charge on any atom is 0.420 e. The number of rotatable bonds is 4. The largest absolute Gasteiger partial charge is 0.457 e. The number of ether oxygens (including phenoxy) is 1. The number of pyridine rings is 1. The lowest BCUT2D eigenvalue weighted by Crippen LogP contribution is -2.66. The third kappa shape index (κ3) is 5.19. The average Bonchev–Trinajstić information content (AvgIpc) is 3.47. The second-order valence-electron chi connectivity index (χ2n) is 14.0. The first-order valence-electron chi connectivity index (χ1n) is 17.2. The van der Waals surface area contributed by atoms with Crippen LogP contribution in [0.15, 0.2) is 163 Å². The van der Waals surface area contributed by atoms with Crippen LogP contribution in [0.3, 0.4) is 0 Å². The van der Waals surface area contributed by atoms with Crippen molar-refractivity contribution in [2.75, 3.05) is 0 Å². The Morgan fingerprint density at radius 2 is 1.44 bits per heavy atom. The zero-order valence-corrected chi connectivity index (χ0v) is 28.3. The van der Waals surface area contributed by atoms with Gasteiger partial charge in [-0.25, -0.2) is 4.98 Å². The standard InChI is InChI=1S/C40H35B3N6O/c1-40(2,3)30-20-23-44-39(27-30)49-36-16-5-4-15-34(36)35-19-18-33(29-37(35)49)50-32-14-12-13-31(28-32)43-45-38-17-6-9-24-46(38)41-21-7-10-25-47(41)42-22-8-11-26-48(42)43/h4-29H,1-3H3/b45-38-. The molecular weight excluding hydrogens is 613 g/mol. The molecule has 240 valence electrons. The first kappa shape index (κ1) is 30.2. The summed E-state index contributed by atoms with van der Waals surface area (Å²) in [7, 11) is 0. The van der Waals surface area contributed by atoms with E-state index in [1.54, 1.807) is 0 Å². The normalized spacial score (nSPS) is 17.5. The highest BCUT2D eigenvalue weighted by Gasteiger charge is 2.44. The maximum atomic E-state index is 6.67. The number of para-hydroxylation sites is 1. The van der Waals surface area contributed by atoms with Crippen molar-refractivity contribution < 1.29 is 4.74 Å². The minimum absolute atomic E-state index is 0.00277. The van der Waals surface area contributed by atoms with Gasteiger partial charge in [-0.3, -0.25) is 9.47 Å². The van der Waals surface area contributed by atoms with Crippen LogP contribution in [0.1, 0.15) is 26.3 Å². The molecule has 0 atom stereocenters. The first-order valence-corrected chi connectivity index (χ1v) is 17.2. The number of fused-ring (bicyclic) bond motifs is 8. The van der Waals surface area contributed by atoms with Crippen LogP contribution < -0.4 is 10.2 Å². The Labute approximate surface area is 293 Å². The fourth-order valence-electron chi connectivity index (χ4n) is 7.32. The summed E-state index contributed by atoms with van der Waals surface area (Å²) in [6.45, 7) is 6.39. The van der Waals surface area contributed by atoms with E-state index >= 15 is 0 Å². The third-order valence-electron chi connectivity index (χ3n) is 9.79. The van der Waals surface area contributed by atoms with E-state index in [4.69, 9.17) is 14.6 Å². The summed E-state index contributed by atoms with van der Waals surface area (Å²) in [5, 5.41) is 2.34. The predicted molar refractivity (Wildman–Crippen MR) is 208 cm³/mol. The minimum Gasteiger partial charge on any atom is -0.457 e. The zero-order chi connectivity index (χ0) is 33.8. The zero-order valence-electron chi connectivity index (χ0n) is 28.3. The summed E-state index contributed by atoms with van der Waals surface area (Å²) < 4.78 is 13.6. The molecule has 0 fully saturated rings.